The average molecular weight is 507 g/mol. The molecule has 2 heterocycles. The van der Waals surface area contributed by atoms with Crippen molar-refractivity contribution in [3.63, 3.8) is 0 Å². The fraction of sp³-hybridized carbons (Fsp3) is 0.480. The number of nitrogens with one attached hydrogen (secondary N) is 1. The Balaban J connectivity index is 1.34. The van der Waals surface area contributed by atoms with Gasteiger partial charge in [0, 0.05) is 30.1 Å². The Bertz CT molecular complexity index is 1280. The van der Waals surface area contributed by atoms with Gasteiger partial charge in [0.25, 0.3) is 5.91 Å². The smallest absolute Gasteiger partial charge is 0.252 e. The van der Waals surface area contributed by atoms with Crippen molar-refractivity contribution in [3.05, 3.63) is 59.4 Å². The molecule has 0 unspecified atom stereocenters. The molecule has 2 aliphatic heterocycles. The van der Waals surface area contributed by atoms with Gasteiger partial charge in [-0.15, -0.1) is 0 Å². The molecule has 6 rings (SSSR count). The van der Waals surface area contributed by atoms with Gasteiger partial charge in [-0.3, -0.25) is 4.79 Å². The summed E-state index contributed by atoms with van der Waals surface area (Å²) in [6.45, 7) is 0.502. The van der Waals surface area contributed by atoms with E-state index in [-0.39, 0.29) is 41.0 Å². The lowest BCUT2D eigenvalue weighted by molar-refractivity contribution is -0.158. The number of sulfonamides is 1. The standard InChI is InChI=1S/C25H25F3N2O4S/c26-15-8-14(9-16(27)11-15)18-3-1-2-13(23(18)28)10-21-24(29-35(32,33)17-4-5-17)19-12-20(19)30(21)25(31)22-6-7-34-22/h1-3,8-9,11,17,19-22,24,29H,4-7,10,12H2/t19-,20+,21+,22+,24+/m0/s1. The predicted octanol–water partition coefficient (Wildman–Crippen LogP) is 3.15. The SMILES string of the molecule is O=C([C@H]1CCO1)N1[C@@H]2C[C@@H]2[C@@H](NS(=O)(=O)C2CC2)[C@H]1Cc1cccc(-c2cc(F)cc(F)c2)c1F. The van der Waals surface area contributed by atoms with Gasteiger partial charge < -0.3 is 9.64 Å². The molecule has 6 nitrogen and oxygen atoms in total. The molecule has 2 aliphatic carbocycles. The van der Waals surface area contributed by atoms with E-state index in [9.17, 15) is 22.0 Å². The molecule has 2 aromatic carbocycles. The molecule has 4 aliphatic rings. The summed E-state index contributed by atoms with van der Waals surface area (Å²) in [5, 5.41) is -0.414. The van der Waals surface area contributed by atoms with Crippen LogP contribution in [0.15, 0.2) is 36.4 Å². The number of piperidine rings is 1. The number of fused-ring (bicyclic) bond motifs is 1. The van der Waals surface area contributed by atoms with Gasteiger partial charge in [-0.1, -0.05) is 18.2 Å². The van der Waals surface area contributed by atoms with E-state index in [0.29, 0.717) is 32.3 Å². The lowest BCUT2D eigenvalue weighted by Gasteiger charge is -2.37. The van der Waals surface area contributed by atoms with Gasteiger partial charge in [-0.05, 0) is 54.9 Å². The number of halogens is 3. The maximum atomic E-state index is 15.6. The quantitative estimate of drug-likeness (QED) is 0.626. The fourth-order valence-electron chi connectivity index (χ4n) is 5.48. The molecule has 2 saturated carbocycles. The van der Waals surface area contributed by atoms with E-state index in [1.54, 1.807) is 17.0 Å². The Hall–Kier alpha value is -2.43. The van der Waals surface area contributed by atoms with Gasteiger partial charge in [0.15, 0.2) is 0 Å². The summed E-state index contributed by atoms with van der Waals surface area (Å²) in [5.41, 5.74) is 0.360. The second kappa shape index (κ2) is 8.31. The van der Waals surface area contributed by atoms with Gasteiger partial charge >= 0.3 is 0 Å². The van der Waals surface area contributed by atoms with Crippen LogP contribution in [0.5, 0.6) is 0 Å². The molecule has 2 saturated heterocycles. The van der Waals surface area contributed by atoms with E-state index < -0.39 is 50.9 Å². The molecule has 2 aromatic rings. The van der Waals surface area contributed by atoms with E-state index >= 15 is 4.39 Å². The summed E-state index contributed by atoms with van der Waals surface area (Å²) in [5.74, 6) is -2.49. The highest BCUT2D eigenvalue weighted by Crippen LogP contribution is 2.50. The Morgan fingerprint density at radius 2 is 1.80 bits per heavy atom. The zero-order chi connectivity index (χ0) is 24.5. The van der Waals surface area contributed by atoms with Gasteiger partial charge in [0.2, 0.25) is 10.0 Å². The van der Waals surface area contributed by atoms with Crippen molar-refractivity contribution in [1.29, 1.82) is 0 Å². The van der Waals surface area contributed by atoms with Crippen LogP contribution >= 0.6 is 0 Å². The third-order valence-corrected chi connectivity index (χ3v) is 9.52. The van der Waals surface area contributed by atoms with E-state index in [1.165, 1.54) is 6.07 Å². The molecule has 0 radical (unpaired) electrons. The van der Waals surface area contributed by atoms with E-state index in [2.05, 4.69) is 4.72 Å². The highest BCUT2D eigenvalue weighted by atomic mass is 32.2. The number of nitrogens with zero attached hydrogens (tertiary/aromatic N) is 1. The average Bonchev–Trinajstić information content (AvgIpc) is 3.65. The number of hydrogen-bond acceptors (Lipinski definition) is 4. The summed E-state index contributed by atoms with van der Waals surface area (Å²) in [7, 11) is -3.53. The number of ether oxygens (including phenoxy) is 1. The van der Waals surface area contributed by atoms with Gasteiger partial charge in [0.1, 0.15) is 23.6 Å². The minimum atomic E-state index is -3.53. The third-order valence-electron chi connectivity index (χ3n) is 7.57. The van der Waals surface area contributed by atoms with Gasteiger partial charge in [-0.25, -0.2) is 26.3 Å². The van der Waals surface area contributed by atoms with Crippen LogP contribution in [0.2, 0.25) is 0 Å². The lowest BCUT2D eigenvalue weighted by Crippen LogP contribution is -2.55. The van der Waals surface area contributed by atoms with Crippen LogP contribution in [0.25, 0.3) is 11.1 Å². The minimum Gasteiger partial charge on any atom is -0.368 e. The Kier molecular flexibility index (Phi) is 5.46. The number of amides is 1. The van der Waals surface area contributed by atoms with Crippen LogP contribution in [-0.4, -0.2) is 55.3 Å². The molecule has 186 valence electrons. The van der Waals surface area contributed by atoms with Crippen molar-refractivity contribution in [2.45, 2.75) is 61.6 Å². The number of rotatable bonds is 7. The van der Waals surface area contributed by atoms with E-state index in [4.69, 9.17) is 4.74 Å². The van der Waals surface area contributed by atoms with Gasteiger partial charge in [-0.2, -0.15) is 0 Å². The Morgan fingerprint density at radius 1 is 1.09 bits per heavy atom. The molecule has 0 bridgehead atoms. The first kappa shape index (κ1) is 23.0. The van der Waals surface area contributed by atoms with Crippen molar-refractivity contribution >= 4 is 15.9 Å². The fourth-order valence-corrected chi connectivity index (χ4v) is 7.14. The second-order valence-electron chi connectivity index (χ2n) is 9.96. The normalized spacial score (nSPS) is 29.6. The lowest BCUT2D eigenvalue weighted by atomic mass is 9.94. The summed E-state index contributed by atoms with van der Waals surface area (Å²) in [6, 6.07) is 6.23. The summed E-state index contributed by atoms with van der Waals surface area (Å²) < 4.78 is 77.0. The molecule has 35 heavy (non-hydrogen) atoms. The first-order chi connectivity index (χ1) is 16.7. The molecule has 10 heteroatoms. The topological polar surface area (TPSA) is 75.7 Å². The van der Waals surface area contributed by atoms with Crippen molar-refractivity contribution in [1.82, 2.24) is 9.62 Å². The Morgan fingerprint density at radius 3 is 2.43 bits per heavy atom. The van der Waals surface area contributed by atoms with Crippen LogP contribution in [-0.2, 0) is 26.0 Å². The van der Waals surface area contributed by atoms with Crippen LogP contribution in [0.1, 0.15) is 31.2 Å². The third kappa shape index (κ3) is 4.15. The maximum absolute atomic E-state index is 15.6. The van der Waals surface area contributed by atoms with Crippen LogP contribution in [0.3, 0.4) is 0 Å². The molecular weight excluding hydrogens is 481 g/mol. The summed E-state index contributed by atoms with van der Waals surface area (Å²) in [6.07, 6.45) is 2.04. The largest absolute Gasteiger partial charge is 0.368 e. The van der Waals surface area contributed by atoms with Crippen LogP contribution in [0, 0.1) is 23.4 Å². The monoisotopic (exact) mass is 506 g/mol. The molecule has 4 fully saturated rings. The first-order valence-electron chi connectivity index (χ1n) is 11.9. The predicted molar refractivity (Wildman–Crippen MR) is 121 cm³/mol. The maximum Gasteiger partial charge on any atom is 0.252 e. The van der Waals surface area contributed by atoms with Crippen molar-refractivity contribution in [2.75, 3.05) is 6.61 Å². The summed E-state index contributed by atoms with van der Waals surface area (Å²) >= 11 is 0. The molecule has 1 amide bonds. The number of carbonyl (C=O) groups excluding carboxylic acids is 1. The minimum absolute atomic E-state index is 0.0267. The number of likely N-dealkylation sites (tertiary alicyclic amines) is 1. The number of carbonyl (C=O) groups is 1. The Labute approximate surface area is 201 Å². The van der Waals surface area contributed by atoms with Crippen LogP contribution in [0.4, 0.5) is 13.2 Å². The zero-order valence-corrected chi connectivity index (χ0v) is 19.6. The van der Waals surface area contributed by atoms with E-state index in [0.717, 1.165) is 18.2 Å². The molecule has 1 N–H and O–H groups in total. The highest BCUT2D eigenvalue weighted by Gasteiger charge is 2.62. The summed E-state index contributed by atoms with van der Waals surface area (Å²) in [4.78, 5) is 14.9. The highest BCUT2D eigenvalue weighted by molar-refractivity contribution is 7.90. The van der Waals surface area contributed by atoms with Crippen molar-refractivity contribution in [3.8, 4) is 11.1 Å². The molecular formula is C25H25F3N2O4S. The zero-order valence-electron chi connectivity index (χ0n) is 18.8. The molecule has 5 atom stereocenters. The number of hydrogen-bond donors (Lipinski definition) is 1. The second-order valence-corrected chi connectivity index (χ2v) is 11.9. The number of benzene rings is 2. The first-order valence-corrected chi connectivity index (χ1v) is 13.5. The van der Waals surface area contributed by atoms with Gasteiger partial charge in [0.05, 0.1) is 17.9 Å². The molecule has 0 aromatic heterocycles. The van der Waals surface area contributed by atoms with Crippen molar-refractivity contribution < 1.29 is 31.1 Å². The molecule has 0 spiro atoms. The van der Waals surface area contributed by atoms with Crippen LogP contribution < -0.4 is 4.72 Å². The van der Waals surface area contributed by atoms with E-state index in [1.807, 2.05) is 0 Å². The van der Waals surface area contributed by atoms with Crippen molar-refractivity contribution in [2.24, 2.45) is 5.92 Å².